The number of nitro benzene ring substituents is 1. The zero-order valence-corrected chi connectivity index (χ0v) is 19.2. The van der Waals surface area contributed by atoms with Gasteiger partial charge in [0, 0.05) is 44.0 Å². The molecule has 3 aromatic rings. The summed E-state index contributed by atoms with van der Waals surface area (Å²) in [6.07, 6.45) is -1.71. The molecule has 0 spiro atoms. The summed E-state index contributed by atoms with van der Waals surface area (Å²) in [5.41, 5.74) is 0.575. The maximum Gasteiger partial charge on any atom is 0.270 e. The van der Waals surface area contributed by atoms with Crippen LogP contribution in [0, 0.1) is 10.1 Å². The molecule has 0 saturated carbocycles. The van der Waals surface area contributed by atoms with Crippen LogP contribution in [0.4, 0.5) is 11.4 Å². The van der Waals surface area contributed by atoms with Crippen molar-refractivity contribution in [3.8, 4) is 5.75 Å². The van der Waals surface area contributed by atoms with Gasteiger partial charge >= 0.3 is 0 Å². The number of non-ortho nitro benzene ring substituents is 1. The van der Waals surface area contributed by atoms with Crippen molar-refractivity contribution in [2.45, 2.75) is 37.4 Å². The van der Waals surface area contributed by atoms with Crippen molar-refractivity contribution in [2.75, 3.05) is 19.5 Å². The highest BCUT2D eigenvalue weighted by Crippen LogP contribution is 2.45. The van der Waals surface area contributed by atoms with Crippen LogP contribution in [0.5, 0.6) is 5.75 Å². The standard InChI is InChI=1S/C22H26N6O6/c1-22(21(32-3)33-4)20(29)19(15-12-14(28(30)31)9-10-17(15)34-22)23-16-8-6-5-7-13(16)11-18-24-26-27(2)25-18/h5-10,12,19-21,23,29H,11H2,1-4H3/t19-,20+,22-/m0/s1. The minimum atomic E-state index is -1.31. The van der Waals surface area contributed by atoms with Crippen molar-refractivity contribution in [1.82, 2.24) is 20.2 Å². The fraction of sp³-hybridized carbons (Fsp3) is 0.409. The molecule has 1 aliphatic heterocycles. The summed E-state index contributed by atoms with van der Waals surface area (Å²) in [6, 6.07) is 11.0. The van der Waals surface area contributed by atoms with Crippen molar-refractivity contribution in [1.29, 1.82) is 0 Å². The van der Waals surface area contributed by atoms with E-state index in [0.29, 0.717) is 29.2 Å². The predicted molar refractivity (Wildman–Crippen MR) is 120 cm³/mol. The summed E-state index contributed by atoms with van der Waals surface area (Å²) < 4.78 is 17.0. The minimum absolute atomic E-state index is 0.114. The van der Waals surface area contributed by atoms with Crippen molar-refractivity contribution in [2.24, 2.45) is 7.05 Å². The van der Waals surface area contributed by atoms with Crippen LogP contribution in [0.1, 0.15) is 29.9 Å². The van der Waals surface area contributed by atoms with Gasteiger partial charge < -0.3 is 24.6 Å². The van der Waals surface area contributed by atoms with E-state index in [9.17, 15) is 15.2 Å². The van der Waals surface area contributed by atoms with E-state index < -0.39 is 29.0 Å². The second kappa shape index (κ2) is 9.33. The number of hydrogen-bond donors (Lipinski definition) is 2. The molecular weight excluding hydrogens is 444 g/mol. The second-order valence-corrected chi connectivity index (χ2v) is 8.16. The van der Waals surface area contributed by atoms with Crippen LogP contribution in [-0.4, -0.2) is 62.5 Å². The van der Waals surface area contributed by atoms with E-state index in [1.54, 1.807) is 14.0 Å². The number of benzene rings is 2. The molecule has 2 heterocycles. The lowest BCUT2D eigenvalue weighted by Crippen LogP contribution is -2.60. The Bertz CT molecular complexity index is 1180. The number of para-hydroxylation sites is 1. The first kappa shape index (κ1) is 23.5. The van der Waals surface area contributed by atoms with Crippen LogP contribution in [0.15, 0.2) is 42.5 Å². The summed E-state index contributed by atoms with van der Waals surface area (Å²) in [5.74, 6) is 0.909. The molecule has 0 aliphatic carbocycles. The normalized spacial score (nSPS) is 21.7. The first-order valence-corrected chi connectivity index (χ1v) is 10.5. The molecular formula is C22H26N6O6. The number of aromatic nitrogens is 4. The predicted octanol–water partition coefficient (Wildman–Crippen LogP) is 1.99. The van der Waals surface area contributed by atoms with Gasteiger partial charge in [-0.15, -0.1) is 10.2 Å². The maximum atomic E-state index is 11.5. The van der Waals surface area contributed by atoms with E-state index in [2.05, 4.69) is 20.7 Å². The summed E-state index contributed by atoms with van der Waals surface area (Å²) >= 11 is 0. The molecule has 1 aromatic heterocycles. The summed E-state index contributed by atoms with van der Waals surface area (Å²) in [6.45, 7) is 1.67. The fourth-order valence-electron chi connectivity index (χ4n) is 4.24. The van der Waals surface area contributed by atoms with E-state index in [1.807, 2.05) is 24.3 Å². The number of nitrogens with one attached hydrogen (secondary N) is 1. The highest BCUT2D eigenvalue weighted by molar-refractivity contribution is 5.57. The topological polar surface area (TPSA) is 147 Å². The number of aliphatic hydroxyl groups excluding tert-OH is 1. The Labute approximate surface area is 195 Å². The minimum Gasteiger partial charge on any atom is -0.479 e. The molecule has 12 heteroatoms. The molecule has 1 aliphatic rings. The maximum absolute atomic E-state index is 11.5. The lowest BCUT2D eigenvalue weighted by Gasteiger charge is -2.47. The average Bonchev–Trinajstić information content (AvgIpc) is 3.23. The Hall–Kier alpha value is -3.61. The molecule has 2 aromatic carbocycles. The zero-order valence-electron chi connectivity index (χ0n) is 19.2. The third kappa shape index (κ3) is 4.30. The summed E-state index contributed by atoms with van der Waals surface area (Å²) in [4.78, 5) is 12.3. The van der Waals surface area contributed by atoms with Gasteiger partial charge in [-0.3, -0.25) is 10.1 Å². The Morgan fingerprint density at radius 1 is 1.29 bits per heavy atom. The van der Waals surface area contributed by atoms with E-state index in [-0.39, 0.29) is 5.69 Å². The third-order valence-corrected chi connectivity index (χ3v) is 5.89. The number of aliphatic hydroxyl groups is 1. The Balaban J connectivity index is 1.77. The molecule has 0 bridgehead atoms. The summed E-state index contributed by atoms with van der Waals surface area (Å²) in [7, 11) is 4.59. The van der Waals surface area contributed by atoms with Crippen LogP contribution in [0.2, 0.25) is 0 Å². The molecule has 0 radical (unpaired) electrons. The van der Waals surface area contributed by atoms with E-state index in [4.69, 9.17) is 14.2 Å². The number of hydrogen-bond acceptors (Lipinski definition) is 10. The van der Waals surface area contributed by atoms with Crippen molar-refractivity contribution in [3.63, 3.8) is 0 Å². The molecule has 0 amide bonds. The van der Waals surface area contributed by atoms with Crippen LogP contribution >= 0.6 is 0 Å². The zero-order chi connectivity index (χ0) is 24.5. The fourth-order valence-corrected chi connectivity index (χ4v) is 4.24. The van der Waals surface area contributed by atoms with E-state index in [0.717, 1.165) is 5.56 Å². The number of ether oxygens (including phenoxy) is 3. The second-order valence-electron chi connectivity index (χ2n) is 8.16. The molecule has 2 N–H and O–H groups in total. The first-order valence-electron chi connectivity index (χ1n) is 10.5. The number of rotatable bonds is 8. The SMILES string of the molecule is COC(OC)[C@@]1(C)Oc2ccc([N+](=O)[O-])cc2[C@H](Nc2ccccc2Cc2nnn(C)n2)[C@H]1O. The van der Waals surface area contributed by atoms with Crippen LogP contribution < -0.4 is 10.1 Å². The quantitative estimate of drug-likeness (QED) is 0.285. The molecule has 180 valence electrons. The average molecular weight is 470 g/mol. The van der Waals surface area contributed by atoms with Crippen LogP contribution in [0.3, 0.4) is 0 Å². The molecule has 3 atom stereocenters. The first-order chi connectivity index (χ1) is 16.3. The van der Waals surface area contributed by atoms with Crippen LogP contribution in [-0.2, 0) is 22.9 Å². The van der Waals surface area contributed by atoms with Gasteiger partial charge in [-0.1, -0.05) is 18.2 Å². The number of aryl methyl sites for hydroxylation is 1. The van der Waals surface area contributed by atoms with E-state index in [1.165, 1.54) is 37.2 Å². The number of methoxy groups -OCH3 is 2. The van der Waals surface area contributed by atoms with Crippen molar-refractivity contribution in [3.05, 3.63) is 69.5 Å². The number of tetrazole rings is 1. The van der Waals surface area contributed by atoms with Gasteiger partial charge in [-0.25, -0.2) is 0 Å². The highest BCUT2D eigenvalue weighted by atomic mass is 16.7. The lowest BCUT2D eigenvalue weighted by atomic mass is 9.84. The molecule has 34 heavy (non-hydrogen) atoms. The number of nitrogens with zero attached hydrogens (tertiary/aromatic N) is 5. The Morgan fingerprint density at radius 3 is 2.68 bits per heavy atom. The van der Waals surface area contributed by atoms with Gasteiger partial charge in [0.05, 0.1) is 18.0 Å². The van der Waals surface area contributed by atoms with Gasteiger partial charge in [0.2, 0.25) is 0 Å². The number of anilines is 1. The van der Waals surface area contributed by atoms with Gasteiger partial charge in [-0.05, 0) is 29.8 Å². The number of nitro groups is 1. The monoisotopic (exact) mass is 470 g/mol. The lowest BCUT2D eigenvalue weighted by molar-refractivity contribution is -0.385. The molecule has 12 nitrogen and oxygen atoms in total. The Morgan fingerprint density at radius 2 is 2.03 bits per heavy atom. The molecule has 0 fully saturated rings. The van der Waals surface area contributed by atoms with E-state index >= 15 is 0 Å². The van der Waals surface area contributed by atoms with Gasteiger partial charge in [0.1, 0.15) is 11.9 Å². The van der Waals surface area contributed by atoms with Gasteiger partial charge in [0.25, 0.3) is 5.69 Å². The molecule has 4 rings (SSSR count). The largest absolute Gasteiger partial charge is 0.479 e. The van der Waals surface area contributed by atoms with Gasteiger partial charge in [0.15, 0.2) is 17.7 Å². The number of fused-ring (bicyclic) bond motifs is 1. The highest BCUT2D eigenvalue weighted by Gasteiger charge is 2.52. The molecule has 0 unspecified atom stereocenters. The Kier molecular flexibility index (Phi) is 6.46. The smallest absolute Gasteiger partial charge is 0.270 e. The third-order valence-electron chi connectivity index (χ3n) is 5.89. The summed E-state index contributed by atoms with van der Waals surface area (Å²) in [5, 5.41) is 38.4. The molecule has 0 saturated heterocycles. The van der Waals surface area contributed by atoms with Crippen molar-refractivity contribution >= 4 is 11.4 Å². The van der Waals surface area contributed by atoms with Crippen molar-refractivity contribution < 1.29 is 24.2 Å². The van der Waals surface area contributed by atoms with Gasteiger partial charge in [-0.2, -0.15) is 4.80 Å². The van der Waals surface area contributed by atoms with Crippen LogP contribution in [0.25, 0.3) is 0 Å².